The maximum Gasteiger partial charge on any atom is 0.306 e. The molecule has 0 unspecified atom stereocenters. The Morgan fingerprint density at radius 2 is 1.05 bits per heavy atom. The molecule has 0 bridgehead atoms. The van der Waals surface area contributed by atoms with Crippen molar-refractivity contribution >= 4 is 35.1 Å². The van der Waals surface area contributed by atoms with E-state index in [4.69, 9.17) is 32.7 Å². The molecule has 0 aromatic heterocycles. The smallest absolute Gasteiger partial charge is 0.306 e. The number of esters is 2. The van der Waals surface area contributed by atoms with E-state index in [-0.39, 0.29) is 24.8 Å². The van der Waals surface area contributed by atoms with Crippen LogP contribution in [-0.4, -0.2) is 36.9 Å². The lowest BCUT2D eigenvalue weighted by Crippen LogP contribution is -2.06. The lowest BCUT2D eigenvalue weighted by Gasteiger charge is -2.05. The van der Waals surface area contributed by atoms with Gasteiger partial charge in [-0.25, -0.2) is 0 Å². The maximum absolute atomic E-state index is 11.0. The van der Waals surface area contributed by atoms with Crippen LogP contribution in [0.1, 0.15) is 44.9 Å². The van der Waals surface area contributed by atoms with Gasteiger partial charge in [0.25, 0.3) is 0 Å². The summed E-state index contributed by atoms with van der Waals surface area (Å²) in [4.78, 5) is 21.9. The molecule has 0 atom stereocenters. The van der Waals surface area contributed by atoms with Crippen LogP contribution in [0.25, 0.3) is 0 Å². The first-order valence-electron chi connectivity index (χ1n) is 6.64. The van der Waals surface area contributed by atoms with Crippen LogP contribution in [0.4, 0.5) is 0 Å². The molecule has 0 rings (SSSR count). The first-order valence-corrected chi connectivity index (χ1v) is 7.70. The van der Waals surface area contributed by atoms with E-state index < -0.39 is 0 Å². The zero-order valence-corrected chi connectivity index (χ0v) is 12.7. The quantitative estimate of drug-likeness (QED) is 0.315. The predicted octanol–water partition coefficient (Wildman–Crippen LogP) is 3.28. The van der Waals surface area contributed by atoms with Crippen molar-refractivity contribution in [2.24, 2.45) is 0 Å². The Morgan fingerprint density at radius 3 is 1.42 bits per heavy atom. The van der Waals surface area contributed by atoms with Gasteiger partial charge >= 0.3 is 11.9 Å². The van der Waals surface area contributed by atoms with Crippen LogP contribution < -0.4 is 0 Å². The van der Waals surface area contributed by atoms with Gasteiger partial charge in [-0.3, -0.25) is 9.59 Å². The highest BCUT2D eigenvalue weighted by molar-refractivity contribution is 6.19. The second-order valence-corrected chi connectivity index (χ2v) is 4.84. The Labute approximate surface area is 124 Å². The average Bonchev–Trinajstić information content (AvgIpc) is 2.37. The number of carbonyl (C=O) groups is 2. The van der Waals surface area contributed by atoms with Gasteiger partial charge in [0.05, 0.1) is 26.1 Å². The largest absolute Gasteiger partial charge is 0.466 e. The van der Waals surface area contributed by atoms with Gasteiger partial charge in [0.15, 0.2) is 0 Å². The fourth-order valence-corrected chi connectivity index (χ4v) is 1.71. The third-order valence-electron chi connectivity index (χ3n) is 2.41. The van der Waals surface area contributed by atoms with E-state index in [1.165, 1.54) is 0 Å². The summed E-state index contributed by atoms with van der Waals surface area (Å²) >= 11 is 10.8. The highest BCUT2D eigenvalue weighted by Gasteiger charge is 2.01. The topological polar surface area (TPSA) is 52.6 Å². The number of hydrogen-bond donors (Lipinski definition) is 0. The van der Waals surface area contributed by atoms with E-state index >= 15 is 0 Å². The molecule has 0 aliphatic heterocycles. The van der Waals surface area contributed by atoms with Gasteiger partial charge in [0.1, 0.15) is 0 Å². The number of rotatable bonds is 12. The van der Waals surface area contributed by atoms with Gasteiger partial charge in [0, 0.05) is 11.8 Å². The number of halogens is 2. The summed E-state index contributed by atoms with van der Waals surface area (Å²) in [6, 6.07) is 0. The third-order valence-corrected chi connectivity index (χ3v) is 2.79. The normalized spacial score (nSPS) is 10.2. The summed E-state index contributed by atoms with van der Waals surface area (Å²) in [5.41, 5.74) is 0. The Balaban J connectivity index is 3.15. The minimum absolute atomic E-state index is 0.235. The van der Waals surface area contributed by atoms with Gasteiger partial charge < -0.3 is 9.47 Å². The Bertz CT molecular complexity index is 223. The average molecular weight is 313 g/mol. The summed E-state index contributed by atoms with van der Waals surface area (Å²) in [5.74, 6) is 0.144. The third kappa shape index (κ3) is 13.7. The number of hydrogen-bond acceptors (Lipinski definition) is 4. The van der Waals surface area contributed by atoms with Crippen LogP contribution in [0, 0.1) is 0 Å². The molecule has 0 saturated carbocycles. The molecular weight excluding hydrogens is 291 g/mol. The molecule has 4 nitrogen and oxygen atoms in total. The summed E-state index contributed by atoms with van der Waals surface area (Å²) in [5, 5.41) is 0. The van der Waals surface area contributed by atoms with E-state index in [0.29, 0.717) is 25.0 Å². The molecule has 0 aliphatic rings. The molecule has 0 saturated heterocycles. The lowest BCUT2D eigenvalue weighted by atomic mass is 10.1. The molecule has 0 aliphatic carbocycles. The summed E-state index contributed by atoms with van der Waals surface area (Å²) in [6.07, 6.45) is 5.32. The van der Waals surface area contributed by atoms with Gasteiger partial charge in [-0.05, 0) is 12.8 Å². The highest BCUT2D eigenvalue weighted by atomic mass is 35.5. The predicted molar refractivity (Wildman–Crippen MR) is 75.7 cm³/mol. The monoisotopic (exact) mass is 312 g/mol. The number of carbonyl (C=O) groups excluding carboxylic acids is 2. The number of alkyl halides is 2. The Kier molecular flexibility index (Phi) is 13.6. The molecule has 0 spiro atoms. The van der Waals surface area contributed by atoms with Crippen LogP contribution in [0.5, 0.6) is 0 Å². The van der Waals surface area contributed by atoms with Crippen LogP contribution >= 0.6 is 23.2 Å². The SMILES string of the molecule is O=C(CCCl)OCCCCCCCOC(=O)CCCl. The second-order valence-electron chi connectivity index (χ2n) is 4.09. The van der Waals surface area contributed by atoms with Crippen molar-refractivity contribution in [1.29, 1.82) is 0 Å². The molecule has 0 N–H and O–H groups in total. The highest BCUT2D eigenvalue weighted by Crippen LogP contribution is 2.04. The molecule has 112 valence electrons. The summed E-state index contributed by atoms with van der Waals surface area (Å²) in [6.45, 7) is 0.918. The van der Waals surface area contributed by atoms with Crippen molar-refractivity contribution in [3.8, 4) is 0 Å². The molecule has 0 heterocycles. The fraction of sp³-hybridized carbons (Fsp3) is 0.846. The zero-order chi connectivity index (χ0) is 14.3. The zero-order valence-electron chi connectivity index (χ0n) is 11.2. The minimum atomic E-state index is -0.235. The van der Waals surface area contributed by atoms with E-state index in [9.17, 15) is 9.59 Å². The molecule has 6 heteroatoms. The van der Waals surface area contributed by atoms with E-state index in [2.05, 4.69) is 0 Å². The molecule has 0 aromatic carbocycles. The summed E-state index contributed by atoms with van der Waals surface area (Å²) < 4.78 is 9.93. The van der Waals surface area contributed by atoms with Crippen molar-refractivity contribution in [2.75, 3.05) is 25.0 Å². The van der Waals surface area contributed by atoms with E-state index in [1.54, 1.807) is 0 Å². The van der Waals surface area contributed by atoms with Crippen LogP contribution in [-0.2, 0) is 19.1 Å². The first-order chi connectivity index (χ1) is 9.20. The van der Waals surface area contributed by atoms with Crippen molar-refractivity contribution < 1.29 is 19.1 Å². The van der Waals surface area contributed by atoms with Crippen LogP contribution in [0.3, 0.4) is 0 Å². The molecular formula is C13H22Cl2O4. The van der Waals surface area contributed by atoms with E-state index in [0.717, 1.165) is 32.1 Å². The first kappa shape index (κ1) is 18.5. The van der Waals surface area contributed by atoms with Crippen molar-refractivity contribution in [2.45, 2.75) is 44.9 Å². The standard InChI is InChI=1S/C13H22Cl2O4/c14-8-6-12(16)18-10-4-2-1-3-5-11-19-13(17)7-9-15/h1-11H2. The Hall–Kier alpha value is -0.480. The second kappa shape index (κ2) is 13.9. The Morgan fingerprint density at radius 1 is 0.684 bits per heavy atom. The lowest BCUT2D eigenvalue weighted by molar-refractivity contribution is -0.144. The molecule has 0 radical (unpaired) electrons. The van der Waals surface area contributed by atoms with Crippen LogP contribution in [0.15, 0.2) is 0 Å². The molecule has 0 amide bonds. The number of unbranched alkanes of at least 4 members (excludes halogenated alkanes) is 4. The van der Waals surface area contributed by atoms with Gasteiger partial charge in [-0.2, -0.15) is 0 Å². The molecule has 0 fully saturated rings. The van der Waals surface area contributed by atoms with Gasteiger partial charge in [-0.1, -0.05) is 19.3 Å². The maximum atomic E-state index is 11.0. The van der Waals surface area contributed by atoms with Crippen LogP contribution in [0.2, 0.25) is 0 Å². The minimum Gasteiger partial charge on any atom is -0.466 e. The van der Waals surface area contributed by atoms with E-state index in [1.807, 2.05) is 0 Å². The van der Waals surface area contributed by atoms with Crippen molar-refractivity contribution in [1.82, 2.24) is 0 Å². The molecule has 0 aromatic rings. The van der Waals surface area contributed by atoms with Gasteiger partial charge in [-0.15, -0.1) is 23.2 Å². The fourth-order valence-electron chi connectivity index (χ4n) is 1.41. The van der Waals surface area contributed by atoms with Crippen molar-refractivity contribution in [3.63, 3.8) is 0 Å². The molecule has 19 heavy (non-hydrogen) atoms. The van der Waals surface area contributed by atoms with Gasteiger partial charge in [0.2, 0.25) is 0 Å². The van der Waals surface area contributed by atoms with Crippen molar-refractivity contribution in [3.05, 3.63) is 0 Å². The number of ether oxygens (including phenoxy) is 2. The summed E-state index contributed by atoms with van der Waals surface area (Å²) in [7, 11) is 0.